The van der Waals surface area contributed by atoms with Crippen LogP contribution in [0.2, 0.25) is 0 Å². The summed E-state index contributed by atoms with van der Waals surface area (Å²) < 4.78 is 18.6. The van der Waals surface area contributed by atoms with Crippen molar-refractivity contribution in [2.45, 2.75) is 13.0 Å². The zero-order chi connectivity index (χ0) is 11.5. The van der Waals surface area contributed by atoms with Gasteiger partial charge in [0.05, 0.1) is 12.3 Å². The first kappa shape index (κ1) is 10.9. The molecule has 0 aliphatic carbocycles. The van der Waals surface area contributed by atoms with Gasteiger partial charge in [0.15, 0.2) is 0 Å². The Morgan fingerprint density at radius 2 is 2.12 bits per heavy atom. The Morgan fingerprint density at radius 3 is 2.69 bits per heavy atom. The van der Waals surface area contributed by atoms with Crippen LogP contribution in [0.15, 0.2) is 41.0 Å². The second-order valence-corrected chi connectivity index (χ2v) is 3.74. The molecule has 2 aromatic rings. The zero-order valence-electron chi connectivity index (χ0n) is 9.33. The normalized spacial score (nSPS) is 12.7. The molecule has 0 bridgehead atoms. The van der Waals surface area contributed by atoms with Gasteiger partial charge in [0.1, 0.15) is 11.6 Å². The van der Waals surface area contributed by atoms with Crippen LogP contribution in [0.1, 0.15) is 22.9 Å². The van der Waals surface area contributed by atoms with Gasteiger partial charge in [0.2, 0.25) is 0 Å². The van der Waals surface area contributed by atoms with Crippen LogP contribution in [0.4, 0.5) is 4.39 Å². The van der Waals surface area contributed by atoms with E-state index >= 15 is 0 Å². The third-order valence-electron chi connectivity index (χ3n) is 2.63. The lowest BCUT2D eigenvalue weighted by Crippen LogP contribution is -2.17. The van der Waals surface area contributed by atoms with E-state index in [1.165, 1.54) is 12.1 Å². The Labute approximate surface area is 94.1 Å². The number of hydrogen-bond donors (Lipinski definition) is 1. The number of benzene rings is 1. The van der Waals surface area contributed by atoms with E-state index < -0.39 is 0 Å². The quantitative estimate of drug-likeness (QED) is 0.858. The Morgan fingerprint density at radius 1 is 1.31 bits per heavy atom. The lowest BCUT2D eigenvalue weighted by Gasteiger charge is -2.15. The van der Waals surface area contributed by atoms with Crippen LogP contribution in [0, 0.1) is 12.7 Å². The maximum absolute atomic E-state index is 13.1. The van der Waals surface area contributed by atoms with Crippen LogP contribution < -0.4 is 5.32 Å². The first-order chi connectivity index (χ1) is 7.72. The SMILES string of the molecule is CNC(c1cccc(F)c1)c1occc1C. The maximum atomic E-state index is 13.1. The molecule has 0 radical (unpaired) electrons. The zero-order valence-corrected chi connectivity index (χ0v) is 9.33. The number of furan rings is 1. The molecular formula is C13H14FNO. The van der Waals surface area contributed by atoms with Gasteiger partial charge < -0.3 is 9.73 Å². The molecule has 0 aliphatic heterocycles. The summed E-state index contributed by atoms with van der Waals surface area (Å²) in [6.45, 7) is 1.97. The van der Waals surface area contributed by atoms with Crippen molar-refractivity contribution in [2.75, 3.05) is 7.05 Å². The molecule has 1 atom stereocenters. The van der Waals surface area contributed by atoms with Crippen molar-refractivity contribution in [1.82, 2.24) is 5.32 Å². The average Bonchev–Trinajstić information content (AvgIpc) is 2.67. The molecule has 2 rings (SSSR count). The van der Waals surface area contributed by atoms with Gasteiger partial charge >= 0.3 is 0 Å². The number of halogens is 1. The summed E-state index contributed by atoms with van der Waals surface area (Å²) in [4.78, 5) is 0. The summed E-state index contributed by atoms with van der Waals surface area (Å²) in [7, 11) is 1.83. The van der Waals surface area contributed by atoms with E-state index in [2.05, 4.69) is 5.32 Å². The molecule has 0 amide bonds. The topological polar surface area (TPSA) is 25.2 Å². The highest BCUT2D eigenvalue weighted by Crippen LogP contribution is 2.25. The molecule has 1 N–H and O–H groups in total. The van der Waals surface area contributed by atoms with Gasteiger partial charge in [-0.15, -0.1) is 0 Å². The van der Waals surface area contributed by atoms with Gasteiger partial charge in [-0.25, -0.2) is 4.39 Å². The Hall–Kier alpha value is -1.61. The Bertz CT molecular complexity index is 478. The van der Waals surface area contributed by atoms with E-state index in [1.54, 1.807) is 12.3 Å². The third-order valence-corrected chi connectivity index (χ3v) is 2.63. The number of aryl methyl sites for hydroxylation is 1. The first-order valence-electron chi connectivity index (χ1n) is 5.19. The van der Waals surface area contributed by atoms with Gasteiger partial charge in [-0.05, 0) is 43.3 Å². The van der Waals surface area contributed by atoms with Crippen LogP contribution in [-0.4, -0.2) is 7.05 Å². The summed E-state index contributed by atoms with van der Waals surface area (Å²) in [5.41, 5.74) is 1.92. The fourth-order valence-corrected chi connectivity index (χ4v) is 1.82. The molecule has 0 spiro atoms. The fraction of sp³-hybridized carbons (Fsp3) is 0.231. The number of nitrogens with one attached hydrogen (secondary N) is 1. The monoisotopic (exact) mass is 219 g/mol. The predicted molar refractivity (Wildman–Crippen MR) is 60.7 cm³/mol. The van der Waals surface area contributed by atoms with Crippen LogP contribution in [0.5, 0.6) is 0 Å². The molecule has 1 unspecified atom stereocenters. The van der Waals surface area contributed by atoms with Crippen molar-refractivity contribution in [3.8, 4) is 0 Å². The minimum atomic E-state index is -0.234. The summed E-state index contributed by atoms with van der Waals surface area (Å²) in [6, 6.07) is 8.33. The van der Waals surface area contributed by atoms with E-state index in [9.17, 15) is 4.39 Å². The second-order valence-electron chi connectivity index (χ2n) is 3.74. The molecule has 1 aromatic heterocycles. The molecule has 0 saturated carbocycles. The predicted octanol–water partition coefficient (Wildman–Crippen LogP) is 3.04. The second kappa shape index (κ2) is 4.49. The van der Waals surface area contributed by atoms with E-state index in [4.69, 9.17) is 4.42 Å². The summed E-state index contributed by atoms with van der Waals surface area (Å²) in [6.07, 6.45) is 1.65. The van der Waals surface area contributed by atoms with Gasteiger partial charge in [-0.1, -0.05) is 12.1 Å². The van der Waals surface area contributed by atoms with Gasteiger partial charge in [-0.2, -0.15) is 0 Å². The number of rotatable bonds is 3. The van der Waals surface area contributed by atoms with Crippen molar-refractivity contribution in [3.63, 3.8) is 0 Å². The largest absolute Gasteiger partial charge is 0.467 e. The average molecular weight is 219 g/mol. The highest BCUT2D eigenvalue weighted by Gasteiger charge is 2.17. The molecule has 84 valence electrons. The standard InChI is InChI=1S/C13H14FNO/c1-9-6-7-16-13(9)12(15-2)10-4-3-5-11(14)8-10/h3-8,12,15H,1-2H3. The molecule has 0 saturated heterocycles. The Kier molecular flexibility index (Phi) is 3.06. The minimum absolute atomic E-state index is 0.106. The van der Waals surface area contributed by atoms with Crippen LogP contribution in [-0.2, 0) is 0 Å². The Balaban J connectivity index is 2.40. The molecule has 2 nitrogen and oxygen atoms in total. The summed E-state index contributed by atoms with van der Waals surface area (Å²) in [5.74, 6) is 0.593. The molecule has 0 fully saturated rings. The van der Waals surface area contributed by atoms with Crippen molar-refractivity contribution >= 4 is 0 Å². The van der Waals surface area contributed by atoms with Crippen LogP contribution in [0.25, 0.3) is 0 Å². The van der Waals surface area contributed by atoms with Crippen molar-refractivity contribution < 1.29 is 8.81 Å². The smallest absolute Gasteiger partial charge is 0.128 e. The van der Waals surface area contributed by atoms with Crippen LogP contribution >= 0.6 is 0 Å². The highest BCUT2D eigenvalue weighted by atomic mass is 19.1. The maximum Gasteiger partial charge on any atom is 0.128 e. The first-order valence-corrected chi connectivity index (χ1v) is 5.19. The molecular weight excluding hydrogens is 205 g/mol. The number of hydrogen-bond acceptors (Lipinski definition) is 2. The molecule has 1 aromatic carbocycles. The van der Waals surface area contributed by atoms with Gasteiger partial charge in [-0.3, -0.25) is 0 Å². The van der Waals surface area contributed by atoms with Gasteiger partial charge in [0, 0.05) is 0 Å². The third kappa shape index (κ3) is 1.99. The van der Waals surface area contributed by atoms with E-state index in [-0.39, 0.29) is 11.9 Å². The van der Waals surface area contributed by atoms with E-state index in [0.717, 1.165) is 16.9 Å². The fourth-order valence-electron chi connectivity index (χ4n) is 1.82. The lowest BCUT2D eigenvalue weighted by atomic mass is 10.0. The molecule has 1 heterocycles. The molecule has 3 heteroatoms. The van der Waals surface area contributed by atoms with Crippen molar-refractivity contribution in [2.24, 2.45) is 0 Å². The van der Waals surface area contributed by atoms with E-state index in [0.29, 0.717) is 0 Å². The summed E-state index contributed by atoms with van der Waals surface area (Å²) in [5, 5.41) is 3.13. The van der Waals surface area contributed by atoms with Crippen molar-refractivity contribution in [3.05, 3.63) is 59.3 Å². The molecule has 16 heavy (non-hydrogen) atoms. The minimum Gasteiger partial charge on any atom is -0.467 e. The van der Waals surface area contributed by atoms with Gasteiger partial charge in [0.25, 0.3) is 0 Å². The summed E-state index contributed by atoms with van der Waals surface area (Å²) >= 11 is 0. The van der Waals surface area contributed by atoms with E-state index in [1.807, 2.05) is 26.1 Å². The highest BCUT2D eigenvalue weighted by molar-refractivity contribution is 5.30. The van der Waals surface area contributed by atoms with Crippen molar-refractivity contribution in [1.29, 1.82) is 0 Å². The molecule has 0 aliphatic rings. The lowest BCUT2D eigenvalue weighted by molar-refractivity contribution is 0.459. The van der Waals surface area contributed by atoms with Crippen LogP contribution in [0.3, 0.4) is 0 Å².